The van der Waals surface area contributed by atoms with E-state index < -0.39 is 0 Å². The molecule has 18 heavy (non-hydrogen) atoms. The highest BCUT2D eigenvalue weighted by atomic mass is 16.2. The molecule has 1 aromatic carbocycles. The summed E-state index contributed by atoms with van der Waals surface area (Å²) in [6.45, 7) is 4.85. The summed E-state index contributed by atoms with van der Waals surface area (Å²) in [6, 6.07) is 11.9. The largest absolute Gasteiger partial charge is 0.329 e. The highest BCUT2D eigenvalue weighted by Crippen LogP contribution is 2.21. The van der Waals surface area contributed by atoms with E-state index in [1.54, 1.807) is 4.90 Å². The van der Waals surface area contributed by atoms with Gasteiger partial charge in [0, 0.05) is 6.54 Å². The molecule has 0 aromatic heterocycles. The van der Waals surface area contributed by atoms with Crippen LogP contribution in [0.5, 0.6) is 0 Å². The minimum absolute atomic E-state index is 0.0621. The average molecular weight is 244 g/mol. The summed E-state index contributed by atoms with van der Waals surface area (Å²) in [6.07, 6.45) is 1.63. The van der Waals surface area contributed by atoms with Crippen molar-refractivity contribution in [1.82, 2.24) is 4.90 Å². The van der Waals surface area contributed by atoms with Crippen LogP contribution in [0.4, 0.5) is 0 Å². The molecule has 0 N–H and O–H groups in total. The second-order valence-corrected chi connectivity index (χ2v) is 4.29. The monoisotopic (exact) mass is 244 g/mol. The number of rotatable bonds is 6. The van der Waals surface area contributed by atoms with E-state index in [9.17, 15) is 4.79 Å². The van der Waals surface area contributed by atoms with Gasteiger partial charge in [0.2, 0.25) is 5.91 Å². The molecule has 3 nitrogen and oxygen atoms in total. The first-order valence-corrected chi connectivity index (χ1v) is 6.45. The van der Waals surface area contributed by atoms with Crippen molar-refractivity contribution < 1.29 is 4.79 Å². The van der Waals surface area contributed by atoms with E-state index in [1.807, 2.05) is 44.2 Å². The van der Waals surface area contributed by atoms with Gasteiger partial charge in [-0.05, 0) is 18.4 Å². The van der Waals surface area contributed by atoms with Crippen LogP contribution in [0.25, 0.3) is 0 Å². The van der Waals surface area contributed by atoms with E-state index in [2.05, 4.69) is 6.07 Å². The van der Waals surface area contributed by atoms with Crippen LogP contribution in [0.15, 0.2) is 30.3 Å². The Morgan fingerprint density at radius 2 is 2.00 bits per heavy atom. The third-order valence-electron chi connectivity index (χ3n) is 2.98. The number of hydrogen-bond acceptors (Lipinski definition) is 2. The fraction of sp³-hybridized carbons (Fsp3) is 0.467. The number of nitriles is 1. The van der Waals surface area contributed by atoms with Gasteiger partial charge in [-0.15, -0.1) is 0 Å². The Labute approximate surface area is 109 Å². The molecule has 1 atom stereocenters. The zero-order valence-electron chi connectivity index (χ0n) is 11.1. The lowest BCUT2D eigenvalue weighted by atomic mass is 9.95. The quantitative estimate of drug-likeness (QED) is 0.722. The van der Waals surface area contributed by atoms with Crippen LogP contribution < -0.4 is 0 Å². The Kier molecular flexibility index (Phi) is 5.93. The van der Waals surface area contributed by atoms with Crippen molar-refractivity contribution in [3.63, 3.8) is 0 Å². The lowest BCUT2D eigenvalue weighted by Crippen LogP contribution is -2.36. The fourth-order valence-electron chi connectivity index (χ4n) is 2.08. The fourth-order valence-corrected chi connectivity index (χ4v) is 2.08. The van der Waals surface area contributed by atoms with Gasteiger partial charge in [-0.3, -0.25) is 4.79 Å². The number of hydrogen-bond donors (Lipinski definition) is 0. The number of carbonyl (C=O) groups excluding carboxylic acids is 1. The first-order valence-electron chi connectivity index (χ1n) is 6.45. The molecule has 0 bridgehead atoms. The number of nitrogens with zero attached hydrogens (tertiary/aromatic N) is 2. The SMILES string of the molecule is CCCN(CC#N)C(=O)C(CC)c1ccccc1. The first-order chi connectivity index (χ1) is 8.74. The molecular weight excluding hydrogens is 224 g/mol. The molecule has 1 aromatic rings. The van der Waals surface area contributed by atoms with Crippen molar-refractivity contribution in [3.8, 4) is 6.07 Å². The van der Waals surface area contributed by atoms with Crippen molar-refractivity contribution in [3.05, 3.63) is 35.9 Å². The average Bonchev–Trinajstić information content (AvgIpc) is 2.40. The first kappa shape index (κ1) is 14.2. The predicted octanol–water partition coefficient (Wildman–Crippen LogP) is 2.94. The van der Waals surface area contributed by atoms with E-state index in [-0.39, 0.29) is 18.4 Å². The molecule has 96 valence electrons. The normalized spacial score (nSPS) is 11.6. The second kappa shape index (κ2) is 7.50. The zero-order chi connectivity index (χ0) is 13.4. The summed E-state index contributed by atoms with van der Waals surface area (Å²) in [7, 11) is 0. The molecule has 0 aliphatic heterocycles. The molecule has 0 aliphatic rings. The third-order valence-corrected chi connectivity index (χ3v) is 2.98. The van der Waals surface area contributed by atoms with Crippen molar-refractivity contribution in [2.75, 3.05) is 13.1 Å². The summed E-state index contributed by atoms with van der Waals surface area (Å²) < 4.78 is 0. The van der Waals surface area contributed by atoms with Gasteiger partial charge in [0.05, 0.1) is 12.0 Å². The predicted molar refractivity (Wildman–Crippen MR) is 72.0 cm³/mol. The van der Waals surface area contributed by atoms with Crippen LogP contribution in [0.2, 0.25) is 0 Å². The van der Waals surface area contributed by atoms with Gasteiger partial charge in [-0.1, -0.05) is 44.2 Å². The van der Waals surface area contributed by atoms with E-state index in [1.165, 1.54) is 0 Å². The summed E-state index contributed by atoms with van der Waals surface area (Å²) >= 11 is 0. The third kappa shape index (κ3) is 3.59. The summed E-state index contributed by atoms with van der Waals surface area (Å²) in [4.78, 5) is 14.1. The van der Waals surface area contributed by atoms with Gasteiger partial charge in [0.1, 0.15) is 6.54 Å². The van der Waals surface area contributed by atoms with Crippen molar-refractivity contribution in [2.24, 2.45) is 0 Å². The van der Waals surface area contributed by atoms with Crippen LogP contribution in [0.1, 0.15) is 38.2 Å². The van der Waals surface area contributed by atoms with E-state index in [0.29, 0.717) is 6.54 Å². The second-order valence-electron chi connectivity index (χ2n) is 4.29. The minimum Gasteiger partial charge on any atom is -0.329 e. The van der Waals surface area contributed by atoms with Gasteiger partial charge in [-0.2, -0.15) is 5.26 Å². The van der Waals surface area contributed by atoms with E-state index in [4.69, 9.17) is 5.26 Å². The van der Waals surface area contributed by atoms with Crippen molar-refractivity contribution in [2.45, 2.75) is 32.6 Å². The Morgan fingerprint density at radius 3 is 2.50 bits per heavy atom. The standard InChI is InChI=1S/C15H20N2O/c1-3-11-17(12-10-16)15(18)14(4-2)13-8-6-5-7-9-13/h5-9,14H,3-4,11-12H2,1-2H3. The van der Waals surface area contributed by atoms with Crippen LogP contribution in [0, 0.1) is 11.3 Å². The Balaban J connectivity index is 2.87. The number of amides is 1. The van der Waals surface area contributed by atoms with Crippen LogP contribution >= 0.6 is 0 Å². The van der Waals surface area contributed by atoms with Crippen LogP contribution in [-0.4, -0.2) is 23.9 Å². The maximum atomic E-state index is 12.4. The summed E-state index contributed by atoms with van der Waals surface area (Å²) in [5, 5.41) is 8.79. The Morgan fingerprint density at radius 1 is 1.33 bits per heavy atom. The summed E-state index contributed by atoms with van der Waals surface area (Å²) in [5.74, 6) is -0.0711. The number of carbonyl (C=O) groups is 1. The highest BCUT2D eigenvalue weighted by molar-refractivity contribution is 5.83. The van der Waals surface area contributed by atoms with Crippen LogP contribution in [-0.2, 0) is 4.79 Å². The number of benzene rings is 1. The molecule has 0 saturated carbocycles. The zero-order valence-corrected chi connectivity index (χ0v) is 11.1. The maximum absolute atomic E-state index is 12.4. The maximum Gasteiger partial charge on any atom is 0.230 e. The molecule has 1 unspecified atom stereocenters. The molecular formula is C15H20N2O. The molecule has 0 spiro atoms. The summed E-state index contributed by atoms with van der Waals surface area (Å²) in [5.41, 5.74) is 1.03. The van der Waals surface area contributed by atoms with Gasteiger partial charge in [-0.25, -0.2) is 0 Å². The van der Waals surface area contributed by atoms with Crippen molar-refractivity contribution in [1.29, 1.82) is 5.26 Å². The molecule has 0 saturated heterocycles. The van der Waals surface area contributed by atoms with Crippen LogP contribution in [0.3, 0.4) is 0 Å². The molecule has 0 heterocycles. The smallest absolute Gasteiger partial charge is 0.230 e. The molecule has 0 aliphatic carbocycles. The van der Waals surface area contributed by atoms with E-state index in [0.717, 1.165) is 18.4 Å². The molecule has 0 fully saturated rings. The Hall–Kier alpha value is -1.82. The topological polar surface area (TPSA) is 44.1 Å². The molecule has 1 rings (SSSR count). The van der Waals surface area contributed by atoms with Gasteiger partial charge in [0.25, 0.3) is 0 Å². The molecule has 0 radical (unpaired) electrons. The molecule has 1 amide bonds. The minimum atomic E-state index is -0.133. The van der Waals surface area contributed by atoms with E-state index >= 15 is 0 Å². The highest BCUT2D eigenvalue weighted by Gasteiger charge is 2.23. The molecule has 3 heteroatoms. The van der Waals surface area contributed by atoms with Gasteiger partial charge < -0.3 is 4.90 Å². The van der Waals surface area contributed by atoms with Crippen molar-refractivity contribution >= 4 is 5.91 Å². The lowest BCUT2D eigenvalue weighted by Gasteiger charge is -2.24. The van der Waals surface area contributed by atoms with Gasteiger partial charge >= 0.3 is 0 Å². The Bertz CT molecular complexity index is 408. The van der Waals surface area contributed by atoms with Gasteiger partial charge in [0.15, 0.2) is 0 Å². The lowest BCUT2D eigenvalue weighted by molar-refractivity contribution is -0.132.